The lowest BCUT2D eigenvalue weighted by Gasteiger charge is -2.11. The summed E-state index contributed by atoms with van der Waals surface area (Å²) in [5, 5.41) is 9.37. The standard InChI is InChI=1S/C16H18F2N4O4S/c17-14(18)26-11-5-3-10(4-6-11)19-13(23)9-27-16-21-20-15(24)22(16)8-12-2-1-7-25-12/h3-6,12,14H,1-2,7-9H2,(H,19,23)(H,20,24)/t12-/m1/s1. The number of nitrogens with zero attached hydrogens (tertiary/aromatic N) is 2. The van der Waals surface area contributed by atoms with Gasteiger partial charge in [-0.3, -0.25) is 9.36 Å². The van der Waals surface area contributed by atoms with Gasteiger partial charge in [-0.05, 0) is 37.1 Å². The number of rotatable bonds is 8. The first-order chi connectivity index (χ1) is 13.0. The molecule has 2 N–H and O–H groups in total. The van der Waals surface area contributed by atoms with Crippen LogP contribution >= 0.6 is 11.8 Å². The van der Waals surface area contributed by atoms with Crippen LogP contribution in [0, 0.1) is 0 Å². The molecule has 1 aromatic heterocycles. The molecule has 0 saturated carbocycles. The van der Waals surface area contributed by atoms with Crippen LogP contribution < -0.4 is 15.7 Å². The molecule has 11 heteroatoms. The minimum atomic E-state index is -2.90. The van der Waals surface area contributed by atoms with Gasteiger partial charge < -0.3 is 14.8 Å². The Morgan fingerprint density at radius 1 is 1.44 bits per heavy atom. The van der Waals surface area contributed by atoms with Crippen molar-refractivity contribution in [3.63, 3.8) is 0 Å². The Balaban J connectivity index is 1.52. The van der Waals surface area contributed by atoms with Crippen molar-refractivity contribution in [2.45, 2.75) is 37.3 Å². The van der Waals surface area contributed by atoms with Crippen LogP contribution in [0.3, 0.4) is 0 Å². The molecule has 1 amide bonds. The molecule has 0 spiro atoms. The lowest BCUT2D eigenvalue weighted by molar-refractivity contribution is -0.113. The second kappa shape index (κ2) is 9.00. The van der Waals surface area contributed by atoms with Crippen molar-refractivity contribution in [1.82, 2.24) is 14.8 Å². The van der Waals surface area contributed by atoms with Crippen LogP contribution in [0.1, 0.15) is 12.8 Å². The number of halogens is 2. The zero-order valence-electron chi connectivity index (χ0n) is 14.2. The van der Waals surface area contributed by atoms with E-state index < -0.39 is 6.61 Å². The van der Waals surface area contributed by atoms with Crippen molar-refractivity contribution < 1.29 is 23.0 Å². The summed E-state index contributed by atoms with van der Waals surface area (Å²) in [4.78, 5) is 24.0. The summed E-state index contributed by atoms with van der Waals surface area (Å²) < 4.78 is 35.5. The van der Waals surface area contributed by atoms with Crippen molar-refractivity contribution in [3.8, 4) is 5.75 Å². The first-order valence-corrected chi connectivity index (χ1v) is 9.24. The SMILES string of the molecule is O=C(CSc1n[nH]c(=O)n1C[C@H]1CCCO1)Nc1ccc(OC(F)F)cc1. The van der Waals surface area contributed by atoms with Crippen LogP contribution in [0.2, 0.25) is 0 Å². The molecule has 1 aliphatic heterocycles. The van der Waals surface area contributed by atoms with Crippen molar-refractivity contribution in [2.75, 3.05) is 17.7 Å². The van der Waals surface area contributed by atoms with E-state index in [2.05, 4.69) is 20.3 Å². The highest BCUT2D eigenvalue weighted by Gasteiger charge is 2.20. The van der Waals surface area contributed by atoms with Gasteiger partial charge in [-0.25, -0.2) is 9.89 Å². The largest absolute Gasteiger partial charge is 0.435 e. The number of carbonyl (C=O) groups excluding carboxylic acids is 1. The first-order valence-electron chi connectivity index (χ1n) is 8.25. The highest BCUT2D eigenvalue weighted by molar-refractivity contribution is 7.99. The molecule has 1 aromatic carbocycles. The molecule has 0 bridgehead atoms. The maximum absolute atomic E-state index is 12.1. The number of alkyl halides is 2. The van der Waals surface area contributed by atoms with Crippen molar-refractivity contribution in [2.24, 2.45) is 0 Å². The van der Waals surface area contributed by atoms with Gasteiger partial charge in [-0.15, -0.1) is 5.10 Å². The second-order valence-corrected chi connectivity index (χ2v) is 6.74. The van der Waals surface area contributed by atoms with E-state index in [0.29, 0.717) is 24.0 Å². The third-order valence-corrected chi connectivity index (χ3v) is 4.81. The van der Waals surface area contributed by atoms with Crippen LogP contribution in [0.5, 0.6) is 5.75 Å². The highest BCUT2D eigenvalue weighted by atomic mass is 32.2. The molecular formula is C16H18F2N4O4S. The van der Waals surface area contributed by atoms with E-state index in [1.54, 1.807) is 0 Å². The van der Waals surface area contributed by atoms with E-state index in [4.69, 9.17) is 4.74 Å². The zero-order chi connectivity index (χ0) is 19.2. The van der Waals surface area contributed by atoms with Gasteiger partial charge in [-0.1, -0.05) is 11.8 Å². The van der Waals surface area contributed by atoms with E-state index in [1.165, 1.54) is 28.8 Å². The fourth-order valence-electron chi connectivity index (χ4n) is 2.61. The molecule has 2 heterocycles. The Morgan fingerprint density at radius 2 is 2.22 bits per heavy atom. The quantitative estimate of drug-likeness (QED) is 0.659. The molecule has 27 heavy (non-hydrogen) atoms. The molecule has 3 rings (SSSR count). The number of aromatic nitrogens is 3. The minimum Gasteiger partial charge on any atom is -0.435 e. The molecule has 0 aliphatic carbocycles. The predicted molar refractivity (Wildman–Crippen MR) is 94.2 cm³/mol. The summed E-state index contributed by atoms with van der Waals surface area (Å²) in [5.41, 5.74) is 0.101. The monoisotopic (exact) mass is 400 g/mol. The van der Waals surface area contributed by atoms with Gasteiger partial charge in [0.2, 0.25) is 5.91 Å². The summed E-state index contributed by atoms with van der Waals surface area (Å²) in [6.45, 7) is -1.82. The lowest BCUT2D eigenvalue weighted by Crippen LogP contribution is -2.25. The second-order valence-electron chi connectivity index (χ2n) is 5.80. The molecule has 1 aliphatic rings. The number of ether oxygens (including phenoxy) is 2. The number of nitrogens with one attached hydrogen (secondary N) is 2. The van der Waals surface area contributed by atoms with E-state index in [9.17, 15) is 18.4 Å². The number of hydrogen-bond donors (Lipinski definition) is 2. The van der Waals surface area contributed by atoms with Crippen LogP contribution in [0.4, 0.5) is 14.5 Å². The molecule has 0 unspecified atom stereocenters. The normalized spacial score (nSPS) is 16.6. The summed E-state index contributed by atoms with van der Waals surface area (Å²) in [5.74, 6) is -0.279. The summed E-state index contributed by atoms with van der Waals surface area (Å²) >= 11 is 1.12. The Hall–Kier alpha value is -2.40. The lowest BCUT2D eigenvalue weighted by atomic mass is 10.2. The number of thioether (sulfide) groups is 1. The number of amides is 1. The number of H-pyrrole nitrogens is 1. The predicted octanol–water partition coefficient (Wildman–Crippen LogP) is 2.08. The fraction of sp³-hybridized carbons (Fsp3) is 0.438. The minimum absolute atomic E-state index is 0.00652. The summed E-state index contributed by atoms with van der Waals surface area (Å²) in [7, 11) is 0. The van der Waals surface area contributed by atoms with Gasteiger partial charge in [-0.2, -0.15) is 8.78 Å². The Bertz CT molecular complexity index is 819. The molecule has 2 aromatic rings. The molecule has 1 fully saturated rings. The van der Waals surface area contributed by atoms with Crippen LogP contribution in [0.15, 0.2) is 34.2 Å². The van der Waals surface area contributed by atoms with E-state index in [0.717, 1.165) is 24.6 Å². The van der Waals surface area contributed by atoms with Gasteiger partial charge in [0.05, 0.1) is 18.4 Å². The van der Waals surface area contributed by atoms with E-state index >= 15 is 0 Å². The number of anilines is 1. The summed E-state index contributed by atoms with van der Waals surface area (Å²) in [6.07, 6.45) is 1.82. The molecular weight excluding hydrogens is 382 g/mol. The smallest absolute Gasteiger partial charge is 0.387 e. The van der Waals surface area contributed by atoms with E-state index in [-0.39, 0.29) is 29.2 Å². The number of hydrogen-bond acceptors (Lipinski definition) is 6. The zero-order valence-corrected chi connectivity index (χ0v) is 15.0. The molecule has 0 radical (unpaired) electrons. The third kappa shape index (κ3) is 5.54. The fourth-order valence-corrected chi connectivity index (χ4v) is 3.37. The average Bonchev–Trinajstić information content (AvgIpc) is 3.26. The van der Waals surface area contributed by atoms with E-state index in [1.807, 2.05) is 0 Å². The van der Waals surface area contributed by atoms with Crippen LogP contribution in [-0.4, -0.2) is 45.7 Å². The van der Waals surface area contributed by atoms with Crippen LogP contribution in [-0.2, 0) is 16.1 Å². The van der Waals surface area contributed by atoms with Gasteiger partial charge in [0.15, 0.2) is 5.16 Å². The number of benzene rings is 1. The van der Waals surface area contributed by atoms with Gasteiger partial charge in [0, 0.05) is 12.3 Å². The molecule has 146 valence electrons. The van der Waals surface area contributed by atoms with Crippen LogP contribution in [0.25, 0.3) is 0 Å². The highest BCUT2D eigenvalue weighted by Crippen LogP contribution is 2.20. The number of carbonyl (C=O) groups is 1. The summed E-state index contributed by atoms with van der Waals surface area (Å²) in [6, 6.07) is 5.59. The van der Waals surface area contributed by atoms with Gasteiger partial charge in [0.25, 0.3) is 0 Å². The number of aromatic amines is 1. The average molecular weight is 400 g/mol. The topological polar surface area (TPSA) is 98.2 Å². The molecule has 1 saturated heterocycles. The Labute approximate surface area is 157 Å². The Morgan fingerprint density at radius 3 is 2.89 bits per heavy atom. The molecule has 1 atom stereocenters. The maximum atomic E-state index is 12.1. The van der Waals surface area contributed by atoms with Gasteiger partial charge >= 0.3 is 12.3 Å². The first kappa shape index (κ1) is 19.4. The van der Waals surface area contributed by atoms with Crippen molar-refractivity contribution in [1.29, 1.82) is 0 Å². The third-order valence-electron chi connectivity index (χ3n) is 3.83. The van der Waals surface area contributed by atoms with Gasteiger partial charge in [0.1, 0.15) is 5.75 Å². The Kier molecular flexibility index (Phi) is 6.45. The maximum Gasteiger partial charge on any atom is 0.387 e. The molecule has 8 nitrogen and oxygen atoms in total. The van der Waals surface area contributed by atoms with Crippen molar-refractivity contribution >= 4 is 23.4 Å². The van der Waals surface area contributed by atoms with Crippen molar-refractivity contribution in [3.05, 3.63) is 34.7 Å².